The highest BCUT2D eigenvalue weighted by Crippen LogP contribution is 2.19. The average Bonchev–Trinajstić information content (AvgIpc) is 2.33. The summed E-state index contributed by atoms with van der Waals surface area (Å²) < 4.78 is 0. The van der Waals surface area contributed by atoms with Gasteiger partial charge in [0.05, 0.1) is 11.0 Å². The smallest absolute Gasteiger partial charge is 0.270 e. The number of non-ortho nitro benzene ring substituents is 1. The number of amides is 1. The van der Waals surface area contributed by atoms with E-state index in [4.69, 9.17) is 0 Å². The van der Waals surface area contributed by atoms with Crippen molar-refractivity contribution < 1.29 is 14.8 Å². The fourth-order valence-corrected chi connectivity index (χ4v) is 1.60. The maximum atomic E-state index is 12.0. The van der Waals surface area contributed by atoms with E-state index in [-0.39, 0.29) is 23.2 Å². The minimum atomic E-state index is -0.689. The predicted molar refractivity (Wildman–Crippen MR) is 75.6 cm³/mol. The zero-order chi connectivity index (χ0) is 15.5. The number of nitro benzene ring substituents is 1. The first-order chi connectivity index (χ1) is 9.11. The Kier molecular flexibility index (Phi) is 4.83. The number of nitrogens with one attached hydrogen (secondary N) is 1. The van der Waals surface area contributed by atoms with E-state index in [9.17, 15) is 20.0 Å². The minimum Gasteiger partial charge on any atom is -0.391 e. The molecular formula is C14H20N2O4. The monoisotopic (exact) mass is 280 g/mol. The molecule has 6 heteroatoms. The molecule has 0 spiro atoms. The Balaban J connectivity index is 2.81. The quantitative estimate of drug-likeness (QED) is 0.652. The van der Waals surface area contributed by atoms with Crippen molar-refractivity contribution in [3.8, 4) is 0 Å². The number of carbonyl (C=O) groups is 1. The van der Waals surface area contributed by atoms with Crippen molar-refractivity contribution in [2.24, 2.45) is 5.41 Å². The van der Waals surface area contributed by atoms with E-state index in [1.807, 2.05) is 20.8 Å². The molecule has 1 amide bonds. The first-order valence-corrected chi connectivity index (χ1v) is 6.33. The van der Waals surface area contributed by atoms with Gasteiger partial charge in [0.15, 0.2) is 0 Å². The molecule has 2 N–H and O–H groups in total. The maximum Gasteiger partial charge on any atom is 0.270 e. The number of benzene rings is 1. The molecule has 0 aliphatic carbocycles. The van der Waals surface area contributed by atoms with Gasteiger partial charge in [0, 0.05) is 24.2 Å². The van der Waals surface area contributed by atoms with E-state index in [0.29, 0.717) is 5.56 Å². The Morgan fingerprint density at radius 3 is 2.50 bits per heavy atom. The minimum absolute atomic E-state index is 0.101. The molecule has 1 aromatic rings. The van der Waals surface area contributed by atoms with Crippen LogP contribution in [0.2, 0.25) is 0 Å². The molecule has 0 heterocycles. The summed E-state index contributed by atoms with van der Waals surface area (Å²) in [6.45, 7) is 7.38. The highest BCUT2D eigenvalue weighted by atomic mass is 16.6. The average molecular weight is 280 g/mol. The molecule has 0 fully saturated rings. The van der Waals surface area contributed by atoms with Crippen molar-refractivity contribution in [2.75, 3.05) is 6.54 Å². The van der Waals surface area contributed by atoms with Gasteiger partial charge in [-0.25, -0.2) is 0 Å². The zero-order valence-electron chi connectivity index (χ0n) is 12.1. The lowest BCUT2D eigenvalue weighted by atomic mass is 9.89. The summed E-state index contributed by atoms with van der Waals surface area (Å²) in [5.74, 6) is -0.430. The van der Waals surface area contributed by atoms with Crippen molar-refractivity contribution in [1.29, 1.82) is 0 Å². The van der Waals surface area contributed by atoms with Gasteiger partial charge < -0.3 is 10.4 Å². The summed E-state index contributed by atoms with van der Waals surface area (Å²) in [6, 6.07) is 4.21. The molecule has 0 aliphatic rings. The standard InChI is InChI=1S/C14H20N2O4/c1-9-5-10(7-11(6-9)16(19)20)13(18)15-8-12(17)14(2,3)4/h5-7,12,17H,8H2,1-4H3,(H,15,18). The molecule has 1 rings (SSSR count). The van der Waals surface area contributed by atoms with Crippen LogP contribution < -0.4 is 5.32 Å². The van der Waals surface area contributed by atoms with Crippen LogP contribution in [-0.4, -0.2) is 28.6 Å². The summed E-state index contributed by atoms with van der Waals surface area (Å²) in [5, 5.41) is 23.2. The second kappa shape index (κ2) is 6.00. The molecule has 0 bridgehead atoms. The van der Waals surface area contributed by atoms with E-state index >= 15 is 0 Å². The lowest BCUT2D eigenvalue weighted by molar-refractivity contribution is -0.384. The molecule has 1 atom stereocenters. The van der Waals surface area contributed by atoms with Crippen LogP contribution in [0.4, 0.5) is 5.69 Å². The lowest BCUT2D eigenvalue weighted by Gasteiger charge is -2.25. The molecule has 1 aromatic carbocycles. The fourth-order valence-electron chi connectivity index (χ4n) is 1.60. The number of aliphatic hydroxyl groups is 1. The number of carbonyl (C=O) groups excluding carboxylic acids is 1. The number of nitrogens with zero attached hydrogens (tertiary/aromatic N) is 1. The highest BCUT2D eigenvalue weighted by Gasteiger charge is 2.23. The summed E-state index contributed by atoms with van der Waals surface area (Å²) in [7, 11) is 0. The number of aryl methyl sites for hydroxylation is 1. The van der Waals surface area contributed by atoms with Gasteiger partial charge in [0.2, 0.25) is 0 Å². The first-order valence-electron chi connectivity index (χ1n) is 6.33. The topological polar surface area (TPSA) is 92.5 Å². The van der Waals surface area contributed by atoms with E-state index < -0.39 is 16.9 Å². The van der Waals surface area contributed by atoms with E-state index in [2.05, 4.69) is 5.32 Å². The summed E-state index contributed by atoms with van der Waals surface area (Å²) in [6.07, 6.45) is -0.689. The van der Waals surface area contributed by atoms with Gasteiger partial charge in [-0.05, 0) is 24.0 Å². The van der Waals surface area contributed by atoms with Gasteiger partial charge in [0.25, 0.3) is 11.6 Å². The first kappa shape index (κ1) is 16.1. The van der Waals surface area contributed by atoms with Crippen molar-refractivity contribution in [3.63, 3.8) is 0 Å². The Labute approximate surface area is 118 Å². The molecule has 0 aromatic heterocycles. The van der Waals surface area contributed by atoms with Crippen LogP contribution in [0.1, 0.15) is 36.7 Å². The summed E-state index contributed by atoms with van der Waals surface area (Å²) in [5.41, 5.74) is 0.399. The molecular weight excluding hydrogens is 260 g/mol. The maximum absolute atomic E-state index is 12.0. The van der Waals surface area contributed by atoms with Crippen LogP contribution >= 0.6 is 0 Å². The third kappa shape index (κ3) is 4.31. The SMILES string of the molecule is Cc1cc(C(=O)NCC(O)C(C)(C)C)cc([N+](=O)[O-])c1. The van der Waals surface area contributed by atoms with Crippen LogP contribution in [-0.2, 0) is 0 Å². The third-order valence-corrected chi connectivity index (χ3v) is 2.99. The molecule has 110 valence electrons. The van der Waals surface area contributed by atoms with Crippen molar-refractivity contribution in [2.45, 2.75) is 33.8 Å². The molecule has 1 unspecified atom stereocenters. The summed E-state index contributed by atoms with van der Waals surface area (Å²) in [4.78, 5) is 22.2. The molecule has 0 saturated carbocycles. The van der Waals surface area contributed by atoms with Crippen molar-refractivity contribution >= 4 is 11.6 Å². The van der Waals surface area contributed by atoms with E-state index in [1.165, 1.54) is 12.1 Å². The van der Waals surface area contributed by atoms with Crippen molar-refractivity contribution in [3.05, 3.63) is 39.4 Å². The van der Waals surface area contributed by atoms with Gasteiger partial charge in [0.1, 0.15) is 0 Å². The lowest BCUT2D eigenvalue weighted by Crippen LogP contribution is -2.39. The van der Waals surface area contributed by atoms with Crippen LogP contribution in [0.15, 0.2) is 18.2 Å². The van der Waals surface area contributed by atoms with E-state index in [0.717, 1.165) is 0 Å². The van der Waals surface area contributed by atoms with Gasteiger partial charge in [-0.2, -0.15) is 0 Å². The number of hydrogen-bond donors (Lipinski definition) is 2. The number of nitro groups is 1. The van der Waals surface area contributed by atoms with Crippen LogP contribution in [0.3, 0.4) is 0 Å². The van der Waals surface area contributed by atoms with Crippen LogP contribution in [0, 0.1) is 22.5 Å². The Bertz CT molecular complexity index is 520. The van der Waals surface area contributed by atoms with Crippen LogP contribution in [0.5, 0.6) is 0 Å². The molecule has 20 heavy (non-hydrogen) atoms. The Morgan fingerprint density at radius 2 is 2.00 bits per heavy atom. The molecule has 0 radical (unpaired) electrons. The van der Waals surface area contributed by atoms with Gasteiger partial charge in [-0.15, -0.1) is 0 Å². The molecule has 0 saturated heterocycles. The fraction of sp³-hybridized carbons (Fsp3) is 0.500. The number of hydrogen-bond acceptors (Lipinski definition) is 4. The van der Waals surface area contributed by atoms with Crippen molar-refractivity contribution in [1.82, 2.24) is 5.32 Å². The second-order valence-corrected chi connectivity index (χ2v) is 5.91. The Hall–Kier alpha value is -1.95. The largest absolute Gasteiger partial charge is 0.391 e. The van der Waals surface area contributed by atoms with Gasteiger partial charge >= 0.3 is 0 Å². The number of rotatable bonds is 4. The van der Waals surface area contributed by atoms with Gasteiger partial charge in [-0.1, -0.05) is 20.8 Å². The summed E-state index contributed by atoms with van der Waals surface area (Å²) >= 11 is 0. The second-order valence-electron chi connectivity index (χ2n) is 5.91. The predicted octanol–water partition coefficient (Wildman–Crippen LogP) is 2.04. The highest BCUT2D eigenvalue weighted by molar-refractivity contribution is 5.95. The van der Waals surface area contributed by atoms with Crippen LogP contribution in [0.25, 0.3) is 0 Å². The third-order valence-electron chi connectivity index (χ3n) is 2.99. The molecule has 0 aliphatic heterocycles. The zero-order valence-corrected chi connectivity index (χ0v) is 12.1. The molecule has 6 nitrogen and oxygen atoms in total. The van der Waals surface area contributed by atoms with E-state index in [1.54, 1.807) is 13.0 Å². The Morgan fingerprint density at radius 1 is 1.40 bits per heavy atom. The number of aliphatic hydroxyl groups excluding tert-OH is 1. The normalized spacial score (nSPS) is 12.8. The van der Waals surface area contributed by atoms with Gasteiger partial charge in [-0.3, -0.25) is 14.9 Å².